The van der Waals surface area contributed by atoms with Crippen LogP contribution >= 0.6 is 11.6 Å². The molecule has 74 valence electrons. The van der Waals surface area contributed by atoms with E-state index in [2.05, 4.69) is 0 Å². The predicted octanol–water partition coefficient (Wildman–Crippen LogP) is 1.77. The van der Waals surface area contributed by atoms with Gasteiger partial charge in [-0.1, -0.05) is 17.7 Å². The zero-order valence-corrected chi connectivity index (χ0v) is 8.42. The molecule has 2 rings (SSSR count). The lowest BCUT2D eigenvalue weighted by Crippen LogP contribution is -2.42. The van der Waals surface area contributed by atoms with Gasteiger partial charge in [-0.05, 0) is 18.6 Å². The van der Waals surface area contributed by atoms with Crippen LogP contribution in [0.2, 0.25) is 5.02 Å². The molecule has 0 atom stereocenters. The maximum Gasteiger partial charge on any atom is 0.256 e. The Morgan fingerprint density at radius 2 is 2.14 bits per heavy atom. The fraction of sp³-hybridized carbons (Fsp3) is 0.300. The van der Waals surface area contributed by atoms with Crippen molar-refractivity contribution in [1.29, 1.82) is 0 Å². The highest BCUT2D eigenvalue weighted by atomic mass is 35.5. The predicted molar refractivity (Wildman–Crippen MR) is 56.4 cm³/mol. The molecule has 1 fully saturated rings. The zero-order chi connectivity index (χ0) is 10.1. The van der Waals surface area contributed by atoms with Gasteiger partial charge in [-0.2, -0.15) is 0 Å². The van der Waals surface area contributed by atoms with Crippen LogP contribution < -0.4 is 5.73 Å². The lowest BCUT2D eigenvalue weighted by molar-refractivity contribution is 0.0653. The minimum absolute atomic E-state index is 0.0174. The topological polar surface area (TPSA) is 46.3 Å². The molecule has 1 aliphatic heterocycles. The first-order valence-corrected chi connectivity index (χ1v) is 4.91. The lowest BCUT2D eigenvalue weighted by Gasteiger charge is -2.31. The number of benzene rings is 1. The van der Waals surface area contributed by atoms with Crippen molar-refractivity contribution in [2.75, 3.05) is 18.8 Å². The first-order valence-electron chi connectivity index (χ1n) is 4.53. The van der Waals surface area contributed by atoms with Crippen molar-refractivity contribution in [3.63, 3.8) is 0 Å². The van der Waals surface area contributed by atoms with Gasteiger partial charge >= 0.3 is 0 Å². The Balaban J connectivity index is 2.31. The van der Waals surface area contributed by atoms with Crippen LogP contribution in [-0.2, 0) is 0 Å². The largest absolute Gasteiger partial charge is 0.397 e. The van der Waals surface area contributed by atoms with Crippen molar-refractivity contribution in [2.24, 2.45) is 0 Å². The van der Waals surface area contributed by atoms with Crippen LogP contribution in [-0.4, -0.2) is 23.9 Å². The molecule has 1 saturated heterocycles. The Morgan fingerprint density at radius 3 is 2.71 bits per heavy atom. The summed E-state index contributed by atoms with van der Waals surface area (Å²) in [6.07, 6.45) is 1.08. The minimum atomic E-state index is -0.0174. The second kappa shape index (κ2) is 3.50. The normalized spacial score (nSPS) is 15.1. The number of nitrogens with two attached hydrogens (primary N) is 1. The van der Waals surface area contributed by atoms with E-state index in [9.17, 15) is 4.79 Å². The monoisotopic (exact) mass is 210 g/mol. The van der Waals surface area contributed by atoms with E-state index in [1.54, 1.807) is 23.1 Å². The number of para-hydroxylation sites is 1. The Morgan fingerprint density at radius 1 is 1.43 bits per heavy atom. The number of likely N-dealkylation sites (tertiary alicyclic amines) is 1. The number of amides is 1. The summed E-state index contributed by atoms with van der Waals surface area (Å²) in [7, 11) is 0. The first-order chi connectivity index (χ1) is 6.70. The summed E-state index contributed by atoms with van der Waals surface area (Å²) in [4.78, 5) is 13.6. The minimum Gasteiger partial charge on any atom is -0.397 e. The van der Waals surface area contributed by atoms with Crippen LogP contribution in [0.5, 0.6) is 0 Å². The van der Waals surface area contributed by atoms with E-state index in [4.69, 9.17) is 17.3 Å². The van der Waals surface area contributed by atoms with Crippen LogP contribution in [0.4, 0.5) is 5.69 Å². The van der Waals surface area contributed by atoms with Gasteiger partial charge in [-0.15, -0.1) is 0 Å². The van der Waals surface area contributed by atoms with Crippen molar-refractivity contribution in [3.8, 4) is 0 Å². The van der Waals surface area contributed by atoms with Gasteiger partial charge in [0.2, 0.25) is 0 Å². The molecule has 1 heterocycles. The number of hydrogen-bond donors (Lipinski definition) is 1. The van der Waals surface area contributed by atoms with Crippen molar-refractivity contribution in [2.45, 2.75) is 6.42 Å². The maximum atomic E-state index is 11.8. The highest BCUT2D eigenvalue weighted by Crippen LogP contribution is 2.24. The molecule has 0 spiro atoms. The van der Waals surface area contributed by atoms with E-state index >= 15 is 0 Å². The fourth-order valence-electron chi connectivity index (χ4n) is 1.41. The summed E-state index contributed by atoms with van der Waals surface area (Å²) in [5.74, 6) is -0.0174. The molecule has 0 bridgehead atoms. The van der Waals surface area contributed by atoms with Gasteiger partial charge in [0.25, 0.3) is 5.91 Å². The zero-order valence-electron chi connectivity index (χ0n) is 7.66. The standard InChI is InChI=1S/C10H11ClN2O/c11-8-4-1-3-7(9(8)12)10(14)13-5-2-6-13/h1,3-4H,2,5-6,12H2. The van der Waals surface area contributed by atoms with E-state index < -0.39 is 0 Å². The molecule has 0 aromatic heterocycles. The van der Waals surface area contributed by atoms with E-state index in [0.29, 0.717) is 16.3 Å². The third-order valence-electron chi connectivity index (χ3n) is 2.43. The van der Waals surface area contributed by atoms with Gasteiger partial charge in [-0.3, -0.25) is 4.79 Å². The molecule has 1 aromatic rings. The summed E-state index contributed by atoms with van der Waals surface area (Å²) in [5.41, 5.74) is 6.61. The second-order valence-electron chi connectivity index (χ2n) is 3.35. The number of carbonyl (C=O) groups excluding carboxylic acids is 1. The molecule has 0 radical (unpaired) electrons. The summed E-state index contributed by atoms with van der Waals surface area (Å²) in [6, 6.07) is 5.14. The number of halogens is 1. The number of nitrogen functional groups attached to an aromatic ring is 1. The highest BCUT2D eigenvalue weighted by Gasteiger charge is 2.23. The molecule has 1 amide bonds. The fourth-order valence-corrected chi connectivity index (χ4v) is 1.59. The summed E-state index contributed by atoms with van der Waals surface area (Å²) in [5, 5.41) is 0.441. The Kier molecular flexibility index (Phi) is 2.33. The summed E-state index contributed by atoms with van der Waals surface area (Å²) >= 11 is 5.83. The maximum absolute atomic E-state index is 11.8. The SMILES string of the molecule is Nc1c(Cl)cccc1C(=O)N1CCC1. The molecule has 0 unspecified atom stereocenters. The lowest BCUT2D eigenvalue weighted by atomic mass is 10.1. The van der Waals surface area contributed by atoms with Crippen LogP contribution in [0.1, 0.15) is 16.8 Å². The Hall–Kier alpha value is -1.22. The molecular weight excluding hydrogens is 200 g/mol. The quantitative estimate of drug-likeness (QED) is 0.719. The number of carbonyl (C=O) groups is 1. The first kappa shape index (κ1) is 9.34. The van der Waals surface area contributed by atoms with E-state index in [0.717, 1.165) is 19.5 Å². The molecular formula is C10H11ClN2O. The Labute approximate surface area is 87.4 Å². The number of anilines is 1. The average molecular weight is 211 g/mol. The van der Waals surface area contributed by atoms with Gasteiger partial charge in [0.15, 0.2) is 0 Å². The van der Waals surface area contributed by atoms with Crippen LogP contribution in [0, 0.1) is 0 Å². The smallest absolute Gasteiger partial charge is 0.256 e. The van der Waals surface area contributed by atoms with E-state index in [1.807, 2.05) is 0 Å². The van der Waals surface area contributed by atoms with Crippen LogP contribution in [0.25, 0.3) is 0 Å². The van der Waals surface area contributed by atoms with Crippen molar-refractivity contribution in [1.82, 2.24) is 4.90 Å². The molecule has 1 aromatic carbocycles. The van der Waals surface area contributed by atoms with Gasteiger partial charge in [0.05, 0.1) is 16.3 Å². The van der Waals surface area contributed by atoms with Crippen LogP contribution in [0.3, 0.4) is 0 Å². The molecule has 0 saturated carbocycles. The van der Waals surface area contributed by atoms with Crippen molar-refractivity contribution >= 4 is 23.2 Å². The van der Waals surface area contributed by atoms with Gasteiger partial charge in [-0.25, -0.2) is 0 Å². The molecule has 0 aliphatic carbocycles. The highest BCUT2D eigenvalue weighted by molar-refractivity contribution is 6.33. The van der Waals surface area contributed by atoms with Crippen molar-refractivity contribution in [3.05, 3.63) is 28.8 Å². The molecule has 1 aliphatic rings. The molecule has 2 N–H and O–H groups in total. The molecule has 14 heavy (non-hydrogen) atoms. The van der Waals surface area contributed by atoms with Gasteiger partial charge in [0, 0.05) is 13.1 Å². The number of hydrogen-bond acceptors (Lipinski definition) is 2. The molecule has 4 heteroatoms. The third kappa shape index (κ3) is 1.44. The van der Waals surface area contributed by atoms with Crippen molar-refractivity contribution < 1.29 is 4.79 Å². The second-order valence-corrected chi connectivity index (χ2v) is 3.75. The molecule has 3 nitrogen and oxygen atoms in total. The van der Waals surface area contributed by atoms with E-state index in [-0.39, 0.29) is 5.91 Å². The summed E-state index contributed by atoms with van der Waals surface area (Å²) < 4.78 is 0. The summed E-state index contributed by atoms with van der Waals surface area (Å²) in [6.45, 7) is 1.65. The van der Waals surface area contributed by atoms with Gasteiger partial charge < -0.3 is 10.6 Å². The third-order valence-corrected chi connectivity index (χ3v) is 2.76. The van der Waals surface area contributed by atoms with Crippen LogP contribution in [0.15, 0.2) is 18.2 Å². The number of rotatable bonds is 1. The van der Waals surface area contributed by atoms with E-state index in [1.165, 1.54) is 0 Å². The van der Waals surface area contributed by atoms with Gasteiger partial charge in [0.1, 0.15) is 0 Å². The Bertz CT molecular complexity index is 374. The number of nitrogens with zero attached hydrogens (tertiary/aromatic N) is 1. The average Bonchev–Trinajstić information content (AvgIpc) is 2.06.